The first-order chi connectivity index (χ1) is 13.4. The molecule has 2 atom stereocenters. The van der Waals surface area contributed by atoms with Crippen LogP contribution in [0.4, 0.5) is 11.4 Å². The van der Waals surface area contributed by atoms with Crippen LogP contribution in [0.15, 0.2) is 42.0 Å². The Morgan fingerprint density at radius 3 is 2.82 bits per heavy atom. The Balaban J connectivity index is 1.79. The average Bonchev–Trinajstić information content (AvgIpc) is 2.89. The molecule has 2 heterocycles. The van der Waals surface area contributed by atoms with Crippen LogP contribution in [0.1, 0.15) is 37.3 Å². The van der Waals surface area contributed by atoms with E-state index in [4.69, 9.17) is 9.47 Å². The van der Waals surface area contributed by atoms with E-state index in [-0.39, 0.29) is 16.0 Å². The highest BCUT2D eigenvalue weighted by molar-refractivity contribution is 5.78. The monoisotopic (exact) mass is 378 g/mol. The summed E-state index contributed by atoms with van der Waals surface area (Å²) in [5, 5.41) is 11.8. The number of hydrogen-bond donors (Lipinski definition) is 0. The number of hydrogen-bond acceptors (Lipinski definition) is 5. The third-order valence-corrected chi connectivity index (χ3v) is 6.72. The van der Waals surface area contributed by atoms with Gasteiger partial charge in [0.25, 0.3) is 0 Å². The number of methoxy groups -OCH3 is 1. The van der Waals surface area contributed by atoms with Gasteiger partial charge in [0.05, 0.1) is 23.5 Å². The summed E-state index contributed by atoms with van der Waals surface area (Å²) in [6.45, 7) is 2.22. The minimum atomic E-state index is -0.749. The molecule has 28 heavy (non-hydrogen) atoms. The molecule has 0 aromatic heterocycles. The zero-order valence-corrected chi connectivity index (χ0v) is 16.2. The zero-order valence-electron chi connectivity index (χ0n) is 16.2. The van der Waals surface area contributed by atoms with Gasteiger partial charge in [-0.2, -0.15) is 0 Å². The molecule has 0 N–H and O–H groups in total. The van der Waals surface area contributed by atoms with Gasteiger partial charge in [0.2, 0.25) is 11.5 Å². The van der Waals surface area contributed by atoms with E-state index < -0.39 is 5.72 Å². The van der Waals surface area contributed by atoms with Crippen molar-refractivity contribution in [2.24, 2.45) is 0 Å². The second-order valence-corrected chi connectivity index (χ2v) is 8.00. The summed E-state index contributed by atoms with van der Waals surface area (Å²) in [5.41, 5.74) is 3.14. The summed E-state index contributed by atoms with van der Waals surface area (Å²) < 4.78 is 12.0. The van der Waals surface area contributed by atoms with Crippen molar-refractivity contribution >= 4 is 17.5 Å². The van der Waals surface area contributed by atoms with Crippen molar-refractivity contribution in [3.05, 3.63) is 63.2 Å². The molecule has 0 amide bonds. The SMILES string of the molecule is COc1cc2c(c([N+](=O)[O-])c1)O[C@]13C(=C2)CCC[C@@]1(C)c1ccccc1N3C. The number of ether oxygens (including phenoxy) is 2. The van der Waals surface area contributed by atoms with Crippen LogP contribution in [0.5, 0.6) is 11.5 Å². The summed E-state index contributed by atoms with van der Waals surface area (Å²) in [7, 11) is 3.55. The zero-order chi connectivity index (χ0) is 19.7. The molecule has 0 radical (unpaired) electrons. The lowest BCUT2D eigenvalue weighted by atomic mass is 9.64. The molecule has 1 fully saturated rings. The van der Waals surface area contributed by atoms with Gasteiger partial charge < -0.3 is 14.4 Å². The average molecular weight is 378 g/mol. The highest BCUT2D eigenvalue weighted by Crippen LogP contribution is 2.62. The first kappa shape index (κ1) is 17.1. The molecular formula is C22H22N2O4. The Bertz CT molecular complexity index is 1050. The normalized spacial score (nSPS) is 27.0. The predicted molar refractivity (Wildman–Crippen MR) is 107 cm³/mol. The van der Waals surface area contributed by atoms with E-state index in [0.717, 1.165) is 30.5 Å². The van der Waals surface area contributed by atoms with E-state index in [1.54, 1.807) is 0 Å². The number of nitro groups is 1. The Morgan fingerprint density at radius 1 is 1.29 bits per heavy atom. The fourth-order valence-electron chi connectivity index (χ4n) is 5.46. The number of rotatable bonds is 2. The van der Waals surface area contributed by atoms with Crippen molar-refractivity contribution in [1.82, 2.24) is 0 Å². The second-order valence-electron chi connectivity index (χ2n) is 8.00. The third kappa shape index (κ3) is 1.87. The molecule has 1 aliphatic carbocycles. The Labute approximate surface area is 163 Å². The Kier molecular flexibility index (Phi) is 3.36. The predicted octanol–water partition coefficient (Wildman–Crippen LogP) is 4.67. The van der Waals surface area contributed by atoms with E-state index in [1.165, 1.54) is 18.7 Å². The van der Waals surface area contributed by atoms with E-state index in [1.807, 2.05) is 19.2 Å². The second kappa shape index (κ2) is 5.50. The van der Waals surface area contributed by atoms with Crippen molar-refractivity contribution in [3.63, 3.8) is 0 Å². The maximum absolute atomic E-state index is 11.8. The molecule has 2 aliphatic heterocycles. The van der Waals surface area contributed by atoms with Crippen LogP contribution in [0.25, 0.3) is 6.08 Å². The molecule has 0 unspecified atom stereocenters. The van der Waals surface area contributed by atoms with Gasteiger partial charge in [-0.15, -0.1) is 0 Å². The summed E-state index contributed by atoms with van der Waals surface area (Å²) >= 11 is 0. The van der Waals surface area contributed by atoms with Crippen molar-refractivity contribution in [1.29, 1.82) is 0 Å². The van der Waals surface area contributed by atoms with Gasteiger partial charge in [0, 0.05) is 18.3 Å². The molecule has 5 rings (SSSR count). The largest absolute Gasteiger partial charge is 0.496 e. The fraction of sp³-hybridized carbons (Fsp3) is 0.364. The molecule has 0 bridgehead atoms. The Morgan fingerprint density at radius 2 is 2.07 bits per heavy atom. The van der Waals surface area contributed by atoms with Crippen LogP contribution in [-0.2, 0) is 5.41 Å². The molecule has 6 heteroatoms. The molecule has 2 aromatic rings. The lowest BCUT2D eigenvalue weighted by Gasteiger charge is -2.53. The lowest BCUT2D eigenvalue weighted by Crippen LogP contribution is -2.63. The standard InChI is InChI=1S/C22H22N2O4/c1-21-10-6-7-15-11-14-12-16(27-3)13-19(24(25)26)20(14)28-22(15,21)23(2)18-9-5-4-8-17(18)21/h4-5,8-9,11-13H,6-7,10H2,1-3H3/t21-,22+/m0/s1. The van der Waals surface area contributed by atoms with Gasteiger partial charge in [0.15, 0.2) is 0 Å². The summed E-state index contributed by atoms with van der Waals surface area (Å²) in [6, 6.07) is 11.6. The fourth-order valence-corrected chi connectivity index (χ4v) is 5.46. The van der Waals surface area contributed by atoms with Crippen LogP contribution < -0.4 is 14.4 Å². The van der Waals surface area contributed by atoms with Crippen molar-refractivity contribution < 1.29 is 14.4 Å². The molecule has 1 saturated carbocycles. The molecule has 1 spiro atoms. The number of nitrogens with zero attached hydrogens (tertiary/aromatic N) is 2. The summed E-state index contributed by atoms with van der Waals surface area (Å²) in [6.07, 6.45) is 4.99. The summed E-state index contributed by atoms with van der Waals surface area (Å²) in [5.74, 6) is 0.783. The molecule has 3 aliphatic rings. The summed E-state index contributed by atoms with van der Waals surface area (Å²) in [4.78, 5) is 13.6. The molecular weight excluding hydrogens is 356 g/mol. The minimum Gasteiger partial charge on any atom is -0.496 e. The van der Waals surface area contributed by atoms with E-state index >= 15 is 0 Å². The van der Waals surface area contributed by atoms with Gasteiger partial charge in [-0.05, 0) is 55.5 Å². The molecule has 144 valence electrons. The maximum Gasteiger partial charge on any atom is 0.315 e. The number of para-hydroxylation sites is 1. The number of likely N-dealkylation sites (N-methyl/N-ethyl adjacent to an activating group) is 1. The van der Waals surface area contributed by atoms with Gasteiger partial charge in [-0.3, -0.25) is 10.1 Å². The quantitative estimate of drug-likeness (QED) is 0.561. The smallest absolute Gasteiger partial charge is 0.315 e. The lowest BCUT2D eigenvalue weighted by molar-refractivity contribution is -0.386. The number of anilines is 1. The molecule has 0 saturated heterocycles. The minimum absolute atomic E-state index is 0.0590. The van der Waals surface area contributed by atoms with E-state index in [0.29, 0.717) is 17.1 Å². The maximum atomic E-state index is 11.8. The first-order valence-electron chi connectivity index (χ1n) is 9.52. The third-order valence-electron chi connectivity index (χ3n) is 6.72. The number of fused-ring (bicyclic) bond motifs is 3. The van der Waals surface area contributed by atoms with Crippen LogP contribution in [-0.4, -0.2) is 24.8 Å². The van der Waals surface area contributed by atoms with Crippen molar-refractivity contribution in [2.75, 3.05) is 19.1 Å². The van der Waals surface area contributed by atoms with Crippen molar-refractivity contribution in [2.45, 2.75) is 37.3 Å². The first-order valence-corrected chi connectivity index (χ1v) is 9.52. The van der Waals surface area contributed by atoms with Crippen LogP contribution in [0.3, 0.4) is 0 Å². The number of nitro benzene ring substituents is 1. The van der Waals surface area contributed by atoms with Gasteiger partial charge in [0.1, 0.15) is 5.75 Å². The van der Waals surface area contributed by atoms with Gasteiger partial charge in [-0.1, -0.05) is 18.2 Å². The Hall–Kier alpha value is -3.02. The number of benzene rings is 2. The van der Waals surface area contributed by atoms with Gasteiger partial charge in [-0.25, -0.2) is 0 Å². The van der Waals surface area contributed by atoms with Crippen LogP contribution in [0, 0.1) is 10.1 Å². The van der Waals surface area contributed by atoms with Crippen molar-refractivity contribution in [3.8, 4) is 11.5 Å². The van der Waals surface area contributed by atoms with E-state index in [9.17, 15) is 10.1 Å². The van der Waals surface area contributed by atoms with Crippen LogP contribution >= 0.6 is 0 Å². The highest BCUT2D eigenvalue weighted by Gasteiger charge is 2.65. The molecule has 6 nitrogen and oxygen atoms in total. The van der Waals surface area contributed by atoms with E-state index in [2.05, 4.69) is 36.1 Å². The topological polar surface area (TPSA) is 64.8 Å². The van der Waals surface area contributed by atoms with Gasteiger partial charge >= 0.3 is 5.69 Å². The highest BCUT2D eigenvalue weighted by atomic mass is 16.6. The van der Waals surface area contributed by atoms with Crippen LogP contribution in [0.2, 0.25) is 0 Å². The molecule has 2 aromatic carbocycles.